The largest absolute Gasteiger partial charge is 0.255 e. The Morgan fingerprint density at radius 3 is 2.69 bits per heavy atom. The summed E-state index contributed by atoms with van der Waals surface area (Å²) in [7, 11) is 1.88. The summed E-state index contributed by atoms with van der Waals surface area (Å²) in [5.41, 5.74) is 1.05. The van der Waals surface area contributed by atoms with Gasteiger partial charge < -0.3 is 0 Å². The first kappa shape index (κ1) is 10.5. The predicted octanol–water partition coefficient (Wildman–Crippen LogP) is 2.01. The van der Waals surface area contributed by atoms with E-state index in [1.807, 2.05) is 20.2 Å². The van der Waals surface area contributed by atoms with Gasteiger partial charge in [0.2, 0.25) is 0 Å². The van der Waals surface area contributed by atoms with Crippen LogP contribution in [-0.4, -0.2) is 20.4 Å². The standard InChI is InChI=1S/C9H16ClN3/c1-7(4-8(2)10)5-9-6-13(3)12-11-9/h6-8H,4-5H2,1-3H3. The molecular formula is C9H16ClN3. The van der Waals surface area contributed by atoms with Gasteiger partial charge in [-0.3, -0.25) is 4.68 Å². The number of alkyl halides is 1. The Hall–Kier alpha value is -0.570. The number of hydrogen-bond donors (Lipinski definition) is 0. The summed E-state index contributed by atoms with van der Waals surface area (Å²) in [6.07, 6.45) is 3.94. The van der Waals surface area contributed by atoms with Crippen LogP contribution < -0.4 is 0 Å². The molecule has 1 rings (SSSR count). The second kappa shape index (κ2) is 4.61. The normalized spacial score (nSPS) is 15.7. The summed E-state index contributed by atoms with van der Waals surface area (Å²) in [4.78, 5) is 0. The smallest absolute Gasteiger partial charge is 0.0829 e. The van der Waals surface area contributed by atoms with Gasteiger partial charge in [-0.05, 0) is 25.7 Å². The van der Waals surface area contributed by atoms with Crippen LogP contribution in [0.4, 0.5) is 0 Å². The maximum atomic E-state index is 5.90. The minimum absolute atomic E-state index is 0.242. The van der Waals surface area contributed by atoms with Crippen molar-refractivity contribution in [2.24, 2.45) is 13.0 Å². The number of aromatic nitrogens is 3. The lowest BCUT2D eigenvalue weighted by atomic mass is 10.0. The summed E-state index contributed by atoms with van der Waals surface area (Å²) < 4.78 is 1.73. The van der Waals surface area contributed by atoms with Crippen LogP contribution in [0.2, 0.25) is 0 Å². The molecule has 0 aliphatic rings. The van der Waals surface area contributed by atoms with E-state index < -0.39 is 0 Å². The zero-order valence-corrected chi connectivity index (χ0v) is 9.12. The summed E-state index contributed by atoms with van der Waals surface area (Å²) in [6.45, 7) is 4.21. The number of nitrogens with zero attached hydrogens (tertiary/aromatic N) is 3. The van der Waals surface area contributed by atoms with Crippen molar-refractivity contribution in [1.82, 2.24) is 15.0 Å². The second-order valence-electron chi connectivity index (χ2n) is 3.71. The van der Waals surface area contributed by atoms with Crippen LogP contribution in [0.3, 0.4) is 0 Å². The van der Waals surface area contributed by atoms with Gasteiger partial charge in [0, 0.05) is 18.6 Å². The van der Waals surface area contributed by atoms with Crippen molar-refractivity contribution < 1.29 is 0 Å². The maximum absolute atomic E-state index is 5.90. The molecule has 1 aromatic rings. The van der Waals surface area contributed by atoms with Crippen LogP contribution >= 0.6 is 11.6 Å². The van der Waals surface area contributed by atoms with Gasteiger partial charge in [0.05, 0.1) is 5.69 Å². The van der Waals surface area contributed by atoms with Gasteiger partial charge in [-0.25, -0.2) is 0 Å². The molecular weight excluding hydrogens is 186 g/mol. The molecule has 74 valence electrons. The molecule has 1 aromatic heterocycles. The molecule has 0 aliphatic heterocycles. The van der Waals surface area contributed by atoms with E-state index in [4.69, 9.17) is 11.6 Å². The van der Waals surface area contributed by atoms with E-state index >= 15 is 0 Å². The third-order valence-electron chi connectivity index (χ3n) is 1.93. The molecule has 0 aliphatic carbocycles. The van der Waals surface area contributed by atoms with Gasteiger partial charge in [0.15, 0.2) is 0 Å². The first-order chi connectivity index (χ1) is 6.08. The Kier molecular flexibility index (Phi) is 3.72. The highest BCUT2D eigenvalue weighted by atomic mass is 35.5. The van der Waals surface area contributed by atoms with E-state index in [-0.39, 0.29) is 5.38 Å². The molecule has 0 spiro atoms. The molecule has 3 nitrogen and oxygen atoms in total. The molecule has 0 saturated carbocycles. The summed E-state index contributed by atoms with van der Waals surface area (Å²) >= 11 is 5.90. The topological polar surface area (TPSA) is 30.7 Å². The van der Waals surface area contributed by atoms with Gasteiger partial charge >= 0.3 is 0 Å². The molecule has 0 saturated heterocycles. The number of rotatable bonds is 4. The molecule has 2 unspecified atom stereocenters. The molecule has 0 bridgehead atoms. The predicted molar refractivity (Wildman–Crippen MR) is 53.8 cm³/mol. The van der Waals surface area contributed by atoms with E-state index in [1.54, 1.807) is 4.68 Å². The molecule has 4 heteroatoms. The Morgan fingerprint density at radius 1 is 1.54 bits per heavy atom. The van der Waals surface area contributed by atoms with E-state index in [2.05, 4.69) is 17.2 Å². The third kappa shape index (κ3) is 3.77. The fourth-order valence-corrected chi connectivity index (χ4v) is 1.79. The van der Waals surface area contributed by atoms with E-state index in [1.165, 1.54) is 0 Å². The van der Waals surface area contributed by atoms with Crippen LogP contribution in [0.5, 0.6) is 0 Å². The molecule has 1 heterocycles. The zero-order chi connectivity index (χ0) is 9.84. The van der Waals surface area contributed by atoms with Gasteiger partial charge in [0.1, 0.15) is 0 Å². The Morgan fingerprint density at radius 2 is 2.23 bits per heavy atom. The maximum Gasteiger partial charge on any atom is 0.0829 e. The lowest BCUT2D eigenvalue weighted by Crippen LogP contribution is -2.05. The first-order valence-electron chi connectivity index (χ1n) is 4.57. The molecule has 2 atom stereocenters. The minimum atomic E-state index is 0.242. The van der Waals surface area contributed by atoms with Gasteiger partial charge in [-0.15, -0.1) is 16.7 Å². The lowest BCUT2D eigenvalue weighted by Gasteiger charge is -2.09. The monoisotopic (exact) mass is 201 g/mol. The highest BCUT2D eigenvalue weighted by Crippen LogP contribution is 2.14. The minimum Gasteiger partial charge on any atom is -0.255 e. The van der Waals surface area contributed by atoms with Gasteiger partial charge in [-0.2, -0.15) is 0 Å². The third-order valence-corrected chi connectivity index (χ3v) is 2.11. The SMILES string of the molecule is CC(Cl)CC(C)Cc1cn(C)nn1. The molecule has 0 fully saturated rings. The summed E-state index contributed by atoms with van der Waals surface area (Å²) in [5.74, 6) is 0.573. The quantitative estimate of drug-likeness (QED) is 0.698. The summed E-state index contributed by atoms with van der Waals surface area (Å²) in [5, 5.41) is 8.16. The molecule has 0 N–H and O–H groups in total. The second-order valence-corrected chi connectivity index (χ2v) is 4.45. The van der Waals surface area contributed by atoms with Crippen molar-refractivity contribution in [3.8, 4) is 0 Å². The average Bonchev–Trinajstić information content (AvgIpc) is 2.33. The molecule has 0 amide bonds. The fraction of sp³-hybridized carbons (Fsp3) is 0.778. The van der Waals surface area contributed by atoms with Crippen molar-refractivity contribution >= 4 is 11.6 Å². The molecule has 0 radical (unpaired) electrons. The fourth-order valence-electron chi connectivity index (χ4n) is 1.48. The van der Waals surface area contributed by atoms with Crippen LogP contribution in [0, 0.1) is 5.92 Å². The van der Waals surface area contributed by atoms with Crippen LogP contribution in [0.25, 0.3) is 0 Å². The number of hydrogen-bond acceptors (Lipinski definition) is 2. The van der Waals surface area contributed by atoms with Gasteiger partial charge in [0.25, 0.3) is 0 Å². The average molecular weight is 202 g/mol. The summed E-state index contributed by atoms with van der Waals surface area (Å²) in [6, 6.07) is 0. The van der Waals surface area contributed by atoms with E-state index in [9.17, 15) is 0 Å². The Balaban J connectivity index is 2.40. The molecule has 13 heavy (non-hydrogen) atoms. The highest BCUT2D eigenvalue weighted by molar-refractivity contribution is 6.20. The van der Waals surface area contributed by atoms with Crippen molar-refractivity contribution in [2.45, 2.75) is 32.1 Å². The Labute approximate surface area is 84.1 Å². The van der Waals surface area contributed by atoms with Crippen LogP contribution in [-0.2, 0) is 13.5 Å². The lowest BCUT2D eigenvalue weighted by molar-refractivity contribution is 0.520. The zero-order valence-electron chi connectivity index (χ0n) is 8.37. The van der Waals surface area contributed by atoms with Crippen molar-refractivity contribution in [1.29, 1.82) is 0 Å². The highest BCUT2D eigenvalue weighted by Gasteiger charge is 2.09. The van der Waals surface area contributed by atoms with Crippen molar-refractivity contribution in [2.75, 3.05) is 0 Å². The van der Waals surface area contributed by atoms with E-state index in [0.717, 1.165) is 18.5 Å². The van der Waals surface area contributed by atoms with Crippen molar-refractivity contribution in [3.63, 3.8) is 0 Å². The Bertz CT molecular complexity index is 257. The van der Waals surface area contributed by atoms with E-state index in [0.29, 0.717) is 5.92 Å². The number of aryl methyl sites for hydroxylation is 1. The number of halogens is 1. The van der Waals surface area contributed by atoms with Crippen molar-refractivity contribution in [3.05, 3.63) is 11.9 Å². The van der Waals surface area contributed by atoms with Gasteiger partial charge in [-0.1, -0.05) is 12.1 Å². The molecule has 0 aromatic carbocycles. The van der Waals surface area contributed by atoms with Crippen LogP contribution in [0.1, 0.15) is 26.0 Å². The first-order valence-corrected chi connectivity index (χ1v) is 5.01. The van der Waals surface area contributed by atoms with Crippen LogP contribution in [0.15, 0.2) is 6.20 Å².